The Morgan fingerprint density at radius 1 is 1.00 bits per heavy atom. The lowest BCUT2D eigenvalue weighted by atomic mass is 10.1. The molecule has 0 saturated heterocycles. The fraction of sp³-hybridized carbons (Fsp3) is 0.250. The molecule has 0 spiro atoms. The Bertz CT molecular complexity index is 497. The number of nitrogens with zero attached hydrogens (tertiary/aromatic N) is 1. The summed E-state index contributed by atoms with van der Waals surface area (Å²) in [6, 6.07) is 14.0. The van der Waals surface area contributed by atoms with E-state index in [-0.39, 0.29) is 5.91 Å². The summed E-state index contributed by atoms with van der Waals surface area (Å²) in [5.41, 5.74) is 2.34. The highest BCUT2D eigenvalue weighted by molar-refractivity contribution is 5.76. The maximum absolute atomic E-state index is 11.7. The third-order valence-electron chi connectivity index (χ3n) is 2.94. The van der Waals surface area contributed by atoms with Crippen molar-refractivity contribution < 1.29 is 4.79 Å². The van der Waals surface area contributed by atoms with Crippen LogP contribution in [0.5, 0.6) is 0 Å². The number of carbonyl (C=O) groups is 1. The standard InChI is InChI=1S/C16H18N2O/c19-16(9-8-15-7-4-11-17-13-15)18-12-10-14-5-2-1-3-6-14/h1-7,11,13H,8-10,12H2,(H,18,19). The summed E-state index contributed by atoms with van der Waals surface area (Å²) in [7, 11) is 0. The molecule has 1 amide bonds. The molecule has 98 valence electrons. The number of amides is 1. The predicted molar refractivity (Wildman–Crippen MR) is 75.7 cm³/mol. The molecular formula is C16H18N2O. The number of benzene rings is 1. The van der Waals surface area contributed by atoms with Crippen LogP contribution in [-0.2, 0) is 17.6 Å². The topological polar surface area (TPSA) is 42.0 Å². The van der Waals surface area contributed by atoms with Gasteiger partial charge < -0.3 is 5.32 Å². The molecule has 0 aliphatic heterocycles. The number of aromatic nitrogens is 1. The van der Waals surface area contributed by atoms with E-state index in [4.69, 9.17) is 0 Å². The van der Waals surface area contributed by atoms with Crippen molar-refractivity contribution in [2.45, 2.75) is 19.3 Å². The fourth-order valence-corrected chi connectivity index (χ4v) is 1.88. The maximum Gasteiger partial charge on any atom is 0.220 e. The zero-order valence-corrected chi connectivity index (χ0v) is 10.9. The van der Waals surface area contributed by atoms with E-state index in [0.717, 1.165) is 18.4 Å². The minimum absolute atomic E-state index is 0.0970. The first-order valence-corrected chi connectivity index (χ1v) is 6.54. The van der Waals surface area contributed by atoms with Crippen LogP contribution >= 0.6 is 0 Å². The van der Waals surface area contributed by atoms with Gasteiger partial charge in [-0.1, -0.05) is 36.4 Å². The van der Waals surface area contributed by atoms with Gasteiger partial charge in [0.15, 0.2) is 0 Å². The van der Waals surface area contributed by atoms with Crippen molar-refractivity contribution in [3.63, 3.8) is 0 Å². The molecule has 0 aliphatic carbocycles. The van der Waals surface area contributed by atoms with Crippen molar-refractivity contribution >= 4 is 5.91 Å². The molecule has 0 unspecified atom stereocenters. The Balaban J connectivity index is 1.65. The Kier molecular flexibility index (Phi) is 5.11. The quantitative estimate of drug-likeness (QED) is 0.860. The van der Waals surface area contributed by atoms with Gasteiger partial charge in [-0.15, -0.1) is 0 Å². The van der Waals surface area contributed by atoms with Crippen molar-refractivity contribution in [2.24, 2.45) is 0 Å². The monoisotopic (exact) mass is 254 g/mol. The summed E-state index contributed by atoms with van der Waals surface area (Å²) in [6.45, 7) is 0.690. The minimum atomic E-state index is 0.0970. The lowest BCUT2D eigenvalue weighted by Crippen LogP contribution is -2.25. The van der Waals surface area contributed by atoms with E-state index < -0.39 is 0 Å². The SMILES string of the molecule is O=C(CCc1cccnc1)NCCc1ccccc1. The molecule has 1 aromatic carbocycles. The normalized spacial score (nSPS) is 10.1. The highest BCUT2D eigenvalue weighted by Gasteiger charge is 2.01. The summed E-state index contributed by atoms with van der Waals surface area (Å²) < 4.78 is 0. The zero-order chi connectivity index (χ0) is 13.3. The van der Waals surface area contributed by atoms with Crippen LogP contribution in [0.3, 0.4) is 0 Å². The first-order chi connectivity index (χ1) is 9.34. The average Bonchev–Trinajstić information content (AvgIpc) is 2.47. The lowest BCUT2D eigenvalue weighted by molar-refractivity contribution is -0.121. The number of hydrogen-bond donors (Lipinski definition) is 1. The largest absolute Gasteiger partial charge is 0.356 e. The van der Waals surface area contributed by atoms with Crippen LogP contribution in [0.4, 0.5) is 0 Å². The van der Waals surface area contributed by atoms with Crippen molar-refractivity contribution in [2.75, 3.05) is 6.54 Å². The van der Waals surface area contributed by atoms with Crippen LogP contribution in [0.2, 0.25) is 0 Å². The van der Waals surface area contributed by atoms with Gasteiger partial charge in [0.2, 0.25) is 5.91 Å². The van der Waals surface area contributed by atoms with Gasteiger partial charge in [0.25, 0.3) is 0 Å². The second kappa shape index (κ2) is 7.31. The molecule has 0 fully saturated rings. The number of pyridine rings is 1. The van der Waals surface area contributed by atoms with Crippen LogP contribution in [-0.4, -0.2) is 17.4 Å². The molecule has 1 N–H and O–H groups in total. The smallest absolute Gasteiger partial charge is 0.220 e. The first kappa shape index (κ1) is 13.3. The van der Waals surface area contributed by atoms with E-state index in [1.807, 2.05) is 30.3 Å². The van der Waals surface area contributed by atoms with Crippen molar-refractivity contribution in [3.05, 3.63) is 66.0 Å². The third-order valence-corrected chi connectivity index (χ3v) is 2.94. The van der Waals surface area contributed by atoms with Crippen LogP contribution in [0.1, 0.15) is 17.5 Å². The number of aryl methyl sites for hydroxylation is 1. The summed E-state index contributed by atoms with van der Waals surface area (Å²) in [5, 5.41) is 2.94. The van der Waals surface area contributed by atoms with Crippen LogP contribution in [0, 0.1) is 0 Å². The highest BCUT2D eigenvalue weighted by Crippen LogP contribution is 2.01. The van der Waals surface area contributed by atoms with Gasteiger partial charge in [-0.05, 0) is 30.0 Å². The number of hydrogen-bond acceptors (Lipinski definition) is 2. The van der Waals surface area contributed by atoms with E-state index in [0.29, 0.717) is 13.0 Å². The van der Waals surface area contributed by atoms with E-state index in [1.54, 1.807) is 12.4 Å². The van der Waals surface area contributed by atoms with Gasteiger partial charge >= 0.3 is 0 Å². The molecule has 0 atom stereocenters. The number of nitrogens with one attached hydrogen (secondary N) is 1. The van der Waals surface area contributed by atoms with Crippen LogP contribution in [0.25, 0.3) is 0 Å². The zero-order valence-electron chi connectivity index (χ0n) is 10.9. The molecule has 0 bridgehead atoms. The van der Waals surface area contributed by atoms with E-state index >= 15 is 0 Å². The summed E-state index contributed by atoms with van der Waals surface area (Å²) >= 11 is 0. The Hall–Kier alpha value is -2.16. The first-order valence-electron chi connectivity index (χ1n) is 6.54. The van der Waals surface area contributed by atoms with Gasteiger partial charge in [-0.2, -0.15) is 0 Å². The molecule has 1 heterocycles. The fourth-order valence-electron chi connectivity index (χ4n) is 1.88. The lowest BCUT2D eigenvalue weighted by Gasteiger charge is -2.05. The van der Waals surface area contributed by atoms with Gasteiger partial charge in [0.1, 0.15) is 0 Å². The minimum Gasteiger partial charge on any atom is -0.356 e. The molecule has 0 aliphatic rings. The second-order valence-corrected chi connectivity index (χ2v) is 4.45. The Morgan fingerprint density at radius 3 is 2.53 bits per heavy atom. The molecule has 1 aromatic heterocycles. The Morgan fingerprint density at radius 2 is 1.79 bits per heavy atom. The molecule has 0 radical (unpaired) electrons. The average molecular weight is 254 g/mol. The summed E-state index contributed by atoms with van der Waals surface area (Å²) in [5.74, 6) is 0.0970. The van der Waals surface area contributed by atoms with Gasteiger partial charge in [-0.3, -0.25) is 9.78 Å². The molecule has 2 aromatic rings. The van der Waals surface area contributed by atoms with Crippen LogP contribution < -0.4 is 5.32 Å². The van der Waals surface area contributed by atoms with Gasteiger partial charge in [0, 0.05) is 25.4 Å². The summed E-state index contributed by atoms with van der Waals surface area (Å²) in [6.07, 6.45) is 5.67. The predicted octanol–water partition coefficient (Wildman–Crippen LogP) is 2.37. The summed E-state index contributed by atoms with van der Waals surface area (Å²) in [4.78, 5) is 15.7. The number of carbonyl (C=O) groups excluding carboxylic acids is 1. The highest BCUT2D eigenvalue weighted by atomic mass is 16.1. The van der Waals surface area contributed by atoms with E-state index in [1.165, 1.54) is 5.56 Å². The molecule has 19 heavy (non-hydrogen) atoms. The van der Waals surface area contributed by atoms with Crippen LogP contribution in [0.15, 0.2) is 54.9 Å². The molecule has 3 heteroatoms. The molecule has 3 nitrogen and oxygen atoms in total. The van der Waals surface area contributed by atoms with Crippen molar-refractivity contribution in [1.82, 2.24) is 10.3 Å². The van der Waals surface area contributed by atoms with E-state index in [2.05, 4.69) is 22.4 Å². The Labute approximate surface area is 113 Å². The molecule has 2 rings (SSSR count). The molecule has 0 saturated carbocycles. The second-order valence-electron chi connectivity index (χ2n) is 4.45. The van der Waals surface area contributed by atoms with Crippen molar-refractivity contribution in [3.8, 4) is 0 Å². The van der Waals surface area contributed by atoms with Crippen molar-refractivity contribution in [1.29, 1.82) is 0 Å². The maximum atomic E-state index is 11.7. The van der Waals surface area contributed by atoms with Gasteiger partial charge in [-0.25, -0.2) is 0 Å². The third kappa shape index (κ3) is 4.92. The van der Waals surface area contributed by atoms with E-state index in [9.17, 15) is 4.79 Å². The number of rotatable bonds is 6. The van der Waals surface area contributed by atoms with Gasteiger partial charge in [0.05, 0.1) is 0 Å². The molecular weight excluding hydrogens is 236 g/mol.